The van der Waals surface area contributed by atoms with E-state index in [9.17, 15) is 4.79 Å². The van der Waals surface area contributed by atoms with Crippen LogP contribution in [0, 0.1) is 0 Å². The van der Waals surface area contributed by atoms with Crippen LogP contribution < -0.4 is 10.9 Å². The molecule has 0 aliphatic heterocycles. The lowest BCUT2D eigenvalue weighted by atomic mass is 10.3. The van der Waals surface area contributed by atoms with Crippen molar-refractivity contribution in [2.45, 2.75) is 0 Å². The summed E-state index contributed by atoms with van der Waals surface area (Å²) >= 11 is 3.26. The summed E-state index contributed by atoms with van der Waals surface area (Å²) in [6, 6.07) is 11.1. The van der Waals surface area contributed by atoms with Crippen LogP contribution in [0.3, 0.4) is 0 Å². The number of anilines is 1. The lowest BCUT2D eigenvalue weighted by Gasteiger charge is -2.07. The van der Waals surface area contributed by atoms with Crippen molar-refractivity contribution in [1.82, 2.24) is 10.4 Å². The number of hydrogen-bond acceptors (Lipinski definition) is 3. The number of carbonyl (C=O) groups excluding carboxylic acids is 1. The first kappa shape index (κ1) is 11.6. The van der Waals surface area contributed by atoms with Crippen molar-refractivity contribution in [2.24, 2.45) is 0 Å². The van der Waals surface area contributed by atoms with Crippen LogP contribution in [0.15, 0.2) is 53.3 Å². The highest BCUT2D eigenvalue weighted by Gasteiger charge is 2.05. The summed E-state index contributed by atoms with van der Waals surface area (Å²) in [5.74, 6) is -0.234. The lowest BCUT2D eigenvalue weighted by molar-refractivity contribution is 0.0962. The average molecular weight is 292 g/mol. The summed E-state index contributed by atoms with van der Waals surface area (Å²) in [5.41, 5.74) is 6.72. The molecular weight excluding hydrogens is 282 g/mol. The number of aromatic nitrogens is 1. The fraction of sp³-hybridized carbons (Fsp3) is 0. The van der Waals surface area contributed by atoms with Crippen LogP contribution in [0.5, 0.6) is 0 Å². The van der Waals surface area contributed by atoms with E-state index in [4.69, 9.17) is 0 Å². The number of para-hydroxylation sites is 1. The van der Waals surface area contributed by atoms with Gasteiger partial charge in [0.15, 0.2) is 0 Å². The molecule has 1 heterocycles. The van der Waals surface area contributed by atoms with Gasteiger partial charge in [-0.2, -0.15) is 0 Å². The molecule has 0 radical (unpaired) electrons. The maximum Gasteiger partial charge on any atom is 0.271 e. The number of hydrogen-bond donors (Lipinski definition) is 2. The number of rotatable bonds is 3. The number of nitrogens with zero attached hydrogens (tertiary/aromatic N) is 1. The first-order chi connectivity index (χ1) is 8.25. The Morgan fingerprint density at radius 3 is 2.65 bits per heavy atom. The summed E-state index contributed by atoms with van der Waals surface area (Å²) in [5, 5.41) is 0. The summed E-state index contributed by atoms with van der Waals surface area (Å²) in [6.45, 7) is 0. The van der Waals surface area contributed by atoms with Crippen molar-refractivity contribution >= 4 is 27.5 Å². The van der Waals surface area contributed by atoms with Gasteiger partial charge in [-0.3, -0.25) is 20.6 Å². The molecule has 1 aromatic heterocycles. The first-order valence-corrected chi connectivity index (χ1v) is 5.77. The van der Waals surface area contributed by atoms with Gasteiger partial charge in [0, 0.05) is 16.9 Å². The monoisotopic (exact) mass is 291 g/mol. The molecule has 0 bridgehead atoms. The predicted octanol–water partition coefficient (Wildman–Crippen LogP) is 2.60. The summed E-state index contributed by atoms with van der Waals surface area (Å²) in [4.78, 5) is 15.7. The van der Waals surface area contributed by atoms with Crippen molar-refractivity contribution in [1.29, 1.82) is 0 Å². The third-order valence-corrected chi connectivity index (χ3v) is 2.49. The van der Waals surface area contributed by atoms with Crippen LogP contribution in [0.4, 0.5) is 5.69 Å². The van der Waals surface area contributed by atoms with E-state index in [1.54, 1.807) is 12.3 Å². The Labute approximate surface area is 107 Å². The smallest absolute Gasteiger partial charge is 0.271 e. The van der Waals surface area contributed by atoms with Crippen LogP contribution in [-0.4, -0.2) is 10.9 Å². The topological polar surface area (TPSA) is 54.0 Å². The van der Waals surface area contributed by atoms with Crippen LogP contribution in [-0.2, 0) is 0 Å². The van der Waals surface area contributed by atoms with E-state index in [2.05, 4.69) is 31.8 Å². The molecule has 0 saturated heterocycles. The van der Waals surface area contributed by atoms with Gasteiger partial charge < -0.3 is 0 Å². The fourth-order valence-electron chi connectivity index (χ4n) is 1.26. The van der Waals surface area contributed by atoms with Gasteiger partial charge in [0.2, 0.25) is 0 Å². The van der Waals surface area contributed by atoms with Gasteiger partial charge in [0.25, 0.3) is 5.91 Å². The van der Waals surface area contributed by atoms with E-state index < -0.39 is 0 Å². The van der Waals surface area contributed by atoms with Crippen LogP contribution in [0.1, 0.15) is 10.4 Å². The molecule has 5 heteroatoms. The van der Waals surface area contributed by atoms with Gasteiger partial charge in [0.05, 0.1) is 11.3 Å². The quantitative estimate of drug-likeness (QED) is 0.855. The van der Waals surface area contributed by atoms with Gasteiger partial charge in [-0.1, -0.05) is 18.2 Å². The van der Waals surface area contributed by atoms with E-state index in [0.29, 0.717) is 5.56 Å². The molecule has 0 aliphatic carbocycles. The van der Waals surface area contributed by atoms with E-state index in [1.807, 2.05) is 30.3 Å². The highest BCUT2D eigenvalue weighted by atomic mass is 79.9. The molecule has 2 aromatic rings. The Morgan fingerprint density at radius 1 is 1.18 bits per heavy atom. The Kier molecular flexibility index (Phi) is 3.72. The molecule has 0 fully saturated rings. The largest absolute Gasteiger partial charge is 0.298 e. The van der Waals surface area contributed by atoms with E-state index >= 15 is 0 Å². The fourth-order valence-corrected chi connectivity index (χ4v) is 1.62. The zero-order valence-corrected chi connectivity index (χ0v) is 10.4. The van der Waals surface area contributed by atoms with Crippen LogP contribution in [0.2, 0.25) is 0 Å². The van der Waals surface area contributed by atoms with Gasteiger partial charge in [-0.15, -0.1) is 0 Å². The van der Waals surface area contributed by atoms with Crippen molar-refractivity contribution in [2.75, 3.05) is 5.43 Å². The SMILES string of the molecule is O=C(NNc1ccccc1)c1cncc(Br)c1. The van der Waals surface area contributed by atoms with Crippen molar-refractivity contribution in [3.05, 3.63) is 58.8 Å². The number of pyridine rings is 1. The second kappa shape index (κ2) is 5.45. The second-order valence-electron chi connectivity index (χ2n) is 3.34. The third-order valence-electron chi connectivity index (χ3n) is 2.06. The van der Waals surface area contributed by atoms with E-state index in [0.717, 1.165) is 10.2 Å². The Morgan fingerprint density at radius 2 is 1.94 bits per heavy atom. The van der Waals surface area contributed by atoms with Crippen molar-refractivity contribution in [3.63, 3.8) is 0 Å². The second-order valence-corrected chi connectivity index (χ2v) is 4.25. The summed E-state index contributed by atoms with van der Waals surface area (Å²) in [7, 11) is 0. The van der Waals surface area contributed by atoms with Gasteiger partial charge >= 0.3 is 0 Å². The highest BCUT2D eigenvalue weighted by molar-refractivity contribution is 9.10. The number of halogens is 1. The Balaban J connectivity index is 1.98. The number of nitrogens with one attached hydrogen (secondary N) is 2. The predicted molar refractivity (Wildman–Crippen MR) is 69.5 cm³/mol. The minimum atomic E-state index is -0.234. The van der Waals surface area contributed by atoms with E-state index in [-0.39, 0.29) is 5.91 Å². The highest BCUT2D eigenvalue weighted by Crippen LogP contribution is 2.09. The molecule has 1 aromatic carbocycles. The first-order valence-electron chi connectivity index (χ1n) is 4.97. The third kappa shape index (κ3) is 3.29. The molecule has 0 saturated carbocycles. The maximum absolute atomic E-state index is 11.7. The number of hydrazine groups is 1. The van der Waals surface area contributed by atoms with Gasteiger partial charge in [-0.05, 0) is 34.1 Å². The van der Waals surface area contributed by atoms with Crippen LogP contribution in [0.25, 0.3) is 0 Å². The molecule has 17 heavy (non-hydrogen) atoms. The molecule has 0 unspecified atom stereocenters. The van der Waals surface area contributed by atoms with Gasteiger partial charge in [-0.25, -0.2) is 0 Å². The normalized spacial score (nSPS) is 9.71. The van der Waals surface area contributed by atoms with Crippen molar-refractivity contribution in [3.8, 4) is 0 Å². The summed E-state index contributed by atoms with van der Waals surface area (Å²) < 4.78 is 0.768. The molecular formula is C12H10BrN3O. The van der Waals surface area contributed by atoms with Gasteiger partial charge in [0.1, 0.15) is 0 Å². The molecule has 2 N–H and O–H groups in total. The Bertz CT molecular complexity index is 516. The van der Waals surface area contributed by atoms with Crippen LogP contribution >= 0.6 is 15.9 Å². The van der Waals surface area contributed by atoms with Crippen molar-refractivity contribution < 1.29 is 4.79 Å². The number of benzene rings is 1. The Hall–Kier alpha value is -1.88. The maximum atomic E-state index is 11.7. The minimum Gasteiger partial charge on any atom is -0.298 e. The molecule has 4 nitrogen and oxygen atoms in total. The molecule has 0 aliphatic rings. The number of amides is 1. The molecule has 0 spiro atoms. The zero-order chi connectivity index (χ0) is 12.1. The molecule has 86 valence electrons. The summed E-state index contributed by atoms with van der Waals surface area (Å²) in [6.07, 6.45) is 3.13. The molecule has 2 rings (SSSR count). The number of carbonyl (C=O) groups is 1. The molecule has 0 atom stereocenters. The lowest BCUT2D eigenvalue weighted by Crippen LogP contribution is -2.29. The zero-order valence-electron chi connectivity index (χ0n) is 8.85. The van der Waals surface area contributed by atoms with E-state index in [1.165, 1.54) is 6.20 Å². The molecule has 1 amide bonds. The standard InChI is InChI=1S/C12H10BrN3O/c13-10-6-9(7-14-8-10)12(17)16-15-11-4-2-1-3-5-11/h1-8,15H,(H,16,17). The average Bonchev–Trinajstić information content (AvgIpc) is 2.37. The minimum absolute atomic E-state index is 0.234.